The van der Waals surface area contributed by atoms with Gasteiger partial charge in [-0.15, -0.1) is 0 Å². The molecule has 6 nitrogen and oxygen atoms in total. The molecule has 2 aromatic heterocycles. The molecule has 5 aromatic rings. The van der Waals surface area contributed by atoms with Crippen molar-refractivity contribution in [2.75, 3.05) is 0 Å². The molecule has 218 valence electrons. The van der Waals surface area contributed by atoms with Gasteiger partial charge < -0.3 is 17.7 Å². The summed E-state index contributed by atoms with van der Waals surface area (Å²) in [5, 5.41) is 20.6. The first-order valence-corrected chi connectivity index (χ1v) is 14.4. The Labute approximate surface area is 247 Å². The van der Waals surface area contributed by atoms with E-state index in [9.17, 15) is 10.5 Å². The van der Waals surface area contributed by atoms with Crippen LogP contribution in [0.15, 0.2) is 41.9 Å². The minimum absolute atomic E-state index is 0.0485. The molecule has 0 bridgehead atoms. The third kappa shape index (κ3) is 4.74. The van der Waals surface area contributed by atoms with Crippen LogP contribution in [0, 0.1) is 22.7 Å². The van der Waals surface area contributed by atoms with Crippen molar-refractivity contribution in [2.24, 2.45) is 0 Å². The molecule has 0 saturated carbocycles. The lowest BCUT2D eigenvalue weighted by Crippen LogP contribution is -2.17. The molecule has 0 atom stereocenters. The van der Waals surface area contributed by atoms with Gasteiger partial charge in [0.15, 0.2) is 33.5 Å². The fraction of sp³-hybridized carbons (Fsp3) is 0.444. The predicted octanol–water partition coefficient (Wildman–Crippen LogP) is 10.7. The van der Waals surface area contributed by atoms with Crippen molar-refractivity contribution in [3.63, 3.8) is 0 Å². The van der Waals surface area contributed by atoms with E-state index in [0.717, 1.165) is 22.3 Å². The number of hydrogen-bond acceptors (Lipinski definition) is 6. The average Bonchev–Trinajstić information content (AvgIpc) is 2.86. The first-order chi connectivity index (χ1) is 19.3. The van der Waals surface area contributed by atoms with E-state index in [0.29, 0.717) is 22.3 Å². The molecule has 6 heteroatoms. The molecule has 2 heterocycles. The van der Waals surface area contributed by atoms with E-state index >= 15 is 0 Å². The van der Waals surface area contributed by atoms with Crippen LogP contribution in [0.25, 0.3) is 44.7 Å². The van der Waals surface area contributed by atoms with Gasteiger partial charge in [-0.2, -0.15) is 10.5 Å². The zero-order valence-electron chi connectivity index (χ0n) is 26.8. The topological polar surface area (TPSA) is 100 Å². The predicted molar refractivity (Wildman–Crippen MR) is 167 cm³/mol. The molecule has 0 radical (unpaired) electrons. The van der Waals surface area contributed by atoms with Gasteiger partial charge in [-0.05, 0) is 44.9 Å². The third-order valence-corrected chi connectivity index (χ3v) is 7.84. The highest BCUT2D eigenvalue weighted by Crippen LogP contribution is 2.43. The van der Waals surface area contributed by atoms with Crippen molar-refractivity contribution in [3.05, 3.63) is 57.6 Å². The van der Waals surface area contributed by atoms with Gasteiger partial charge in [0.1, 0.15) is 23.3 Å². The first-order valence-electron chi connectivity index (χ1n) is 14.4. The molecule has 0 unspecified atom stereocenters. The van der Waals surface area contributed by atoms with Crippen LogP contribution in [-0.4, -0.2) is 0 Å². The lowest BCUT2D eigenvalue weighted by molar-refractivity contribution is 0.521. The Balaban J connectivity index is 2.06. The molecule has 42 heavy (non-hydrogen) atoms. The van der Waals surface area contributed by atoms with Crippen LogP contribution in [0.2, 0.25) is 0 Å². The summed E-state index contributed by atoms with van der Waals surface area (Å²) in [5.74, 6) is 0. The zero-order valence-corrected chi connectivity index (χ0v) is 26.8. The highest BCUT2D eigenvalue weighted by atomic mass is 16.4. The Morgan fingerprint density at radius 1 is 0.429 bits per heavy atom. The second-order valence-corrected chi connectivity index (χ2v) is 15.4. The summed E-state index contributed by atoms with van der Waals surface area (Å²) in [6.07, 6.45) is 0. The Morgan fingerprint density at radius 2 is 0.762 bits per heavy atom. The van der Waals surface area contributed by atoms with Crippen LogP contribution in [0.5, 0.6) is 0 Å². The van der Waals surface area contributed by atoms with Gasteiger partial charge in [-0.3, -0.25) is 0 Å². The van der Waals surface area contributed by atoms with Crippen molar-refractivity contribution in [2.45, 2.75) is 105 Å². The standard InChI is InChI=1S/C36H40N2O4/c1-33(2,3)19-13-23(35(7,8)9)29-25(15-19)39-31-27(41-29)21(17-37)22(18-38)28-32(31)40-26-16-20(34(4,5)6)14-24(30(26)42-28)36(10,11)12/h13-16H,1-12H3. The first kappa shape index (κ1) is 29.3. The van der Waals surface area contributed by atoms with Gasteiger partial charge in [0.2, 0.25) is 11.2 Å². The van der Waals surface area contributed by atoms with E-state index in [1.54, 1.807) is 0 Å². The average molecular weight is 565 g/mol. The van der Waals surface area contributed by atoms with Crippen molar-refractivity contribution in [1.82, 2.24) is 0 Å². The quantitative estimate of drug-likeness (QED) is 0.137. The van der Waals surface area contributed by atoms with Gasteiger partial charge >= 0.3 is 0 Å². The second-order valence-electron chi connectivity index (χ2n) is 15.4. The maximum atomic E-state index is 10.3. The lowest BCUT2D eigenvalue weighted by atomic mass is 9.80. The largest absolute Gasteiger partial charge is 0.448 e. The molecule has 3 aromatic carbocycles. The molecular weight excluding hydrogens is 524 g/mol. The summed E-state index contributed by atoms with van der Waals surface area (Å²) < 4.78 is 26.3. The summed E-state index contributed by atoms with van der Waals surface area (Å²) >= 11 is 0. The number of hydrogen-bond donors (Lipinski definition) is 0. The number of nitrogens with zero attached hydrogens (tertiary/aromatic N) is 2. The van der Waals surface area contributed by atoms with E-state index in [1.807, 2.05) is 12.1 Å². The van der Waals surface area contributed by atoms with Crippen LogP contribution in [0.4, 0.5) is 0 Å². The molecule has 0 spiro atoms. The highest BCUT2D eigenvalue weighted by Gasteiger charge is 2.30. The maximum absolute atomic E-state index is 10.3. The number of fused-ring (bicyclic) bond motifs is 5. The Bertz CT molecular complexity index is 1880. The van der Waals surface area contributed by atoms with E-state index in [4.69, 9.17) is 17.7 Å². The highest BCUT2D eigenvalue weighted by molar-refractivity contribution is 6.05. The fourth-order valence-electron chi connectivity index (χ4n) is 5.22. The van der Waals surface area contributed by atoms with Crippen LogP contribution >= 0.6 is 0 Å². The number of benzene rings is 3. The third-order valence-electron chi connectivity index (χ3n) is 7.84. The summed E-state index contributed by atoms with van der Waals surface area (Å²) in [5.41, 5.74) is 6.21. The SMILES string of the molecule is CC(C)(C)c1cc(C(C)(C)C)c2oc3c(C#N)c(C#N)c4oc5c(C(C)(C)C)cc(C(C)(C)C)cc5oc4c3oc2c1. The van der Waals surface area contributed by atoms with E-state index in [-0.39, 0.29) is 55.1 Å². The monoisotopic (exact) mass is 564 g/mol. The molecule has 0 fully saturated rings. The molecular formula is C36H40N2O4. The minimum Gasteiger partial charge on any atom is -0.448 e. The number of rotatable bonds is 0. The Kier molecular flexibility index (Phi) is 6.40. The fourth-order valence-corrected chi connectivity index (χ4v) is 5.22. The Hall–Kier alpha value is -4.16. The van der Waals surface area contributed by atoms with Gasteiger partial charge in [-0.25, -0.2) is 0 Å². The smallest absolute Gasteiger partial charge is 0.217 e. The van der Waals surface area contributed by atoms with Gasteiger partial charge in [-0.1, -0.05) is 95.2 Å². The number of nitriles is 2. The summed E-state index contributed by atoms with van der Waals surface area (Å²) in [6.45, 7) is 25.6. The normalized spacial score (nSPS) is 13.2. The van der Waals surface area contributed by atoms with Crippen LogP contribution < -0.4 is 0 Å². The molecule has 5 rings (SSSR count). The zero-order chi connectivity index (χ0) is 31.2. The minimum atomic E-state index is -0.281. The molecule has 0 aliphatic carbocycles. The molecule has 0 N–H and O–H groups in total. The van der Waals surface area contributed by atoms with Gasteiger partial charge in [0.25, 0.3) is 0 Å². The molecule has 0 aliphatic heterocycles. The van der Waals surface area contributed by atoms with Crippen molar-refractivity contribution < 1.29 is 17.7 Å². The second kappa shape index (κ2) is 9.17. The maximum Gasteiger partial charge on any atom is 0.217 e. The van der Waals surface area contributed by atoms with Crippen molar-refractivity contribution in [3.8, 4) is 12.1 Å². The van der Waals surface area contributed by atoms with E-state index in [1.165, 1.54) is 0 Å². The van der Waals surface area contributed by atoms with E-state index in [2.05, 4.69) is 107 Å². The molecule has 0 saturated heterocycles. The van der Waals surface area contributed by atoms with Crippen molar-refractivity contribution >= 4 is 44.7 Å². The summed E-state index contributed by atoms with van der Waals surface area (Å²) in [6, 6.07) is 12.6. The molecule has 0 aliphatic rings. The van der Waals surface area contributed by atoms with Gasteiger partial charge in [0, 0.05) is 11.1 Å². The lowest BCUT2D eigenvalue weighted by Gasteiger charge is -2.26. The van der Waals surface area contributed by atoms with Crippen LogP contribution in [0.1, 0.15) is 116 Å². The molecule has 0 amide bonds. The Morgan fingerprint density at radius 3 is 1.02 bits per heavy atom. The van der Waals surface area contributed by atoms with Crippen LogP contribution in [-0.2, 0) is 21.7 Å². The van der Waals surface area contributed by atoms with Crippen molar-refractivity contribution in [1.29, 1.82) is 10.5 Å². The van der Waals surface area contributed by atoms with Crippen LogP contribution in [0.3, 0.4) is 0 Å². The van der Waals surface area contributed by atoms with Gasteiger partial charge in [0.05, 0.1) is 0 Å². The van der Waals surface area contributed by atoms with E-state index < -0.39 is 0 Å². The summed E-state index contributed by atoms with van der Waals surface area (Å²) in [7, 11) is 0. The summed E-state index contributed by atoms with van der Waals surface area (Å²) in [4.78, 5) is 0.